The summed E-state index contributed by atoms with van der Waals surface area (Å²) in [6.45, 7) is 3.89. The molecule has 2 aliphatic rings. The average Bonchev–Trinajstić information content (AvgIpc) is 2.85. The molecule has 1 aromatic carbocycles. The van der Waals surface area contributed by atoms with Crippen LogP contribution in [0.2, 0.25) is 0 Å². The Morgan fingerprint density at radius 1 is 1.36 bits per heavy atom. The van der Waals surface area contributed by atoms with E-state index in [0.717, 1.165) is 43.7 Å². The lowest BCUT2D eigenvalue weighted by atomic mass is 9.99. The number of nitrogens with zero attached hydrogens (tertiary/aromatic N) is 2. The van der Waals surface area contributed by atoms with Gasteiger partial charge in [0.15, 0.2) is 0 Å². The van der Waals surface area contributed by atoms with E-state index < -0.39 is 0 Å². The van der Waals surface area contributed by atoms with Gasteiger partial charge in [0, 0.05) is 31.1 Å². The number of carbonyl (C=O) groups is 1. The van der Waals surface area contributed by atoms with Crippen LogP contribution in [0.5, 0.6) is 5.75 Å². The Labute approximate surface area is 133 Å². The van der Waals surface area contributed by atoms with E-state index in [1.54, 1.807) is 0 Å². The van der Waals surface area contributed by atoms with Crippen LogP contribution in [-0.4, -0.2) is 55.0 Å². The lowest BCUT2D eigenvalue weighted by Gasteiger charge is -2.37. The lowest BCUT2D eigenvalue weighted by molar-refractivity contribution is 0.0574. The van der Waals surface area contributed by atoms with Crippen LogP contribution in [-0.2, 0) is 6.42 Å². The summed E-state index contributed by atoms with van der Waals surface area (Å²) < 4.78 is 5.73. The minimum atomic E-state index is 0.175. The van der Waals surface area contributed by atoms with Gasteiger partial charge in [0.05, 0.1) is 0 Å². The molecule has 0 aliphatic carbocycles. The van der Waals surface area contributed by atoms with Crippen molar-refractivity contribution in [3.8, 4) is 5.75 Å². The van der Waals surface area contributed by atoms with Crippen LogP contribution in [0.4, 0.5) is 0 Å². The molecule has 0 spiro atoms. The summed E-state index contributed by atoms with van der Waals surface area (Å²) in [5, 5.41) is 0. The number of ether oxygens (including phenoxy) is 1. The van der Waals surface area contributed by atoms with E-state index in [-0.39, 0.29) is 12.0 Å². The van der Waals surface area contributed by atoms with E-state index in [2.05, 4.69) is 30.8 Å². The number of piperidine rings is 1. The highest BCUT2D eigenvalue weighted by atomic mass is 16.5. The van der Waals surface area contributed by atoms with Gasteiger partial charge in [-0.3, -0.25) is 4.79 Å². The third kappa shape index (κ3) is 3.12. The molecule has 0 unspecified atom stereocenters. The topological polar surface area (TPSA) is 32.8 Å². The highest BCUT2D eigenvalue weighted by Gasteiger charge is 2.29. The van der Waals surface area contributed by atoms with Crippen LogP contribution in [0.15, 0.2) is 18.2 Å². The predicted octanol–water partition coefficient (Wildman–Crippen LogP) is 2.57. The molecule has 22 heavy (non-hydrogen) atoms. The fourth-order valence-corrected chi connectivity index (χ4v) is 3.60. The first-order valence-electron chi connectivity index (χ1n) is 8.30. The van der Waals surface area contributed by atoms with Gasteiger partial charge >= 0.3 is 0 Å². The van der Waals surface area contributed by atoms with Gasteiger partial charge in [-0.15, -0.1) is 0 Å². The van der Waals surface area contributed by atoms with Crippen molar-refractivity contribution in [1.29, 1.82) is 0 Å². The van der Waals surface area contributed by atoms with E-state index in [9.17, 15) is 4.79 Å². The van der Waals surface area contributed by atoms with Gasteiger partial charge in [0.2, 0.25) is 0 Å². The van der Waals surface area contributed by atoms with Crippen molar-refractivity contribution in [3.05, 3.63) is 29.3 Å². The molecule has 4 heteroatoms. The fraction of sp³-hybridized carbons (Fsp3) is 0.611. The normalized spacial score (nSPS) is 24.3. The summed E-state index contributed by atoms with van der Waals surface area (Å²) in [6.07, 6.45) is 4.56. The summed E-state index contributed by atoms with van der Waals surface area (Å²) in [7, 11) is 4.15. The Bertz CT molecular complexity index is 556. The van der Waals surface area contributed by atoms with Crippen LogP contribution in [0, 0.1) is 0 Å². The molecule has 2 aliphatic heterocycles. The fourth-order valence-electron chi connectivity index (χ4n) is 3.60. The van der Waals surface area contributed by atoms with E-state index in [0.29, 0.717) is 6.04 Å². The van der Waals surface area contributed by atoms with Crippen molar-refractivity contribution < 1.29 is 9.53 Å². The molecule has 0 saturated carbocycles. The second-order valence-corrected chi connectivity index (χ2v) is 6.87. The first-order chi connectivity index (χ1) is 10.5. The summed E-state index contributed by atoms with van der Waals surface area (Å²) in [5.74, 6) is 1.11. The second kappa shape index (κ2) is 6.29. The Morgan fingerprint density at radius 2 is 2.18 bits per heavy atom. The van der Waals surface area contributed by atoms with Crippen LogP contribution >= 0.6 is 0 Å². The van der Waals surface area contributed by atoms with Crippen LogP contribution < -0.4 is 4.74 Å². The summed E-state index contributed by atoms with van der Waals surface area (Å²) in [5.41, 5.74) is 1.97. The third-order valence-electron chi connectivity index (χ3n) is 4.61. The Morgan fingerprint density at radius 3 is 2.95 bits per heavy atom. The maximum absolute atomic E-state index is 12.9. The van der Waals surface area contributed by atoms with Crippen LogP contribution in [0.1, 0.15) is 42.1 Å². The molecule has 1 aromatic rings. The largest absolute Gasteiger partial charge is 0.490 e. The first kappa shape index (κ1) is 15.3. The quantitative estimate of drug-likeness (QED) is 0.860. The zero-order chi connectivity index (χ0) is 15.7. The number of carbonyl (C=O) groups excluding carboxylic acids is 1. The van der Waals surface area contributed by atoms with Crippen molar-refractivity contribution in [2.45, 2.75) is 44.8 Å². The number of rotatable bonds is 3. The van der Waals surface area contributed by atoms with Gasteiger partial charge < -0.3 is 14.5 Å². The highest BCUT2D eigenvalue weighted by Crippen LogP contribution is 2.30. The van der Waals surface area contributed by atoms with Gasteiger partial charge in [-0.05, 0) is 64.0 Å². The molecular formula is C18H26N2O2. The molecule has 1 saturated heterocycles. The van der Waals surface area contributed by atoms with Crippen molar-refractivity contribution in [2.24, 2.45) is 0 Å². The molecule has 120 valence electrons. The number of hydrogen-bond donors (Lipinski definition) is 0. The molecular weight excluding hydrogens is 276 g/mol. The van der Waals surface area contributed by atoms with Crippen molar-refractivity contribution >= 4 is 5.91 Å². The van der Waals surface area contributed by atoms with Crippen LogP contribution in [0.25, 0.3) is 0 Å². The number of amides is 1. The maximum Gasteiger partial charge on any atom is 0.254 e. The molecule has 2 heterocycles. The van der Waals surface area contributed by atoms with Crippen LogP contribution in [0.3, 0.4) is 0 Å². The van der Waals surface area contributed by atoms with Gasteiger partial charge in [0.25, 0.3) is 5.91 Å². The Kier molecular flexibility index (Phi) is 4.39. The third-order valence-corrected chi connectivity index (χ3v) is 4.61. The molecule has 4 nitrogen and oxygen atoms in total. The van der Waals surface area contributed by atoms with Gasteiger partial charge in [-0.25, -0.2) is 0 Å². The number of benzene rings is 1. The number of likely N-dealkylation sites (N-methyl/N-ethyl adjacent to an activating group) is 1. The summed E-state index contributed by atoms with van der Waals surface area (Å²) in [6, 6.07) is 6.24. The molecule has 0 bridgehead atoms. The predicted molar refractivity (Wildman–Crippen MR) is 87.5 cm³/mol. The van der Waals surface area contributed by atoms with Gasteiger partial charge in [0.1, 0.15) is 11.9 Å². The second-order valence-electron chi connectivity index (χ2n) is 6.87. The lowest BCUT2D eigenvalue weighted by Crippen LogP contribution is -2.48. The van der Waals surface area contributed by atoms with Crippen molar-refractivity contribution in [1.82, 2.24) is 9.80 Å². The zero-order valence-corrected chi connectivity index (χ0v) is 13.8. The van der Waals surface area contributed by atoms with E-state index in [1.807, 2.05) is 18.2 Å². The maximum atomic E-state index is 12.9. The molecule has 0 N–H and O–H groups in total. The molecule has 1 amide bonds. The monoisotopic (exact) mass is 302 g/mol. The average molecular weight is 302 g/mol. The Balaban J connectivity index is 1.79. The molecule has 1 fully saturated rings. The van der Waals surface area contributed by atoms with Crippen molar-refractivity contribution in [3.63, 3.8) is 0 Å². The minimum Gasteiger partial charge on any atom is -0.490 e. The van der Waals surface area contributed by atoms with Crippen molar-refractivity contribution in [2.75, 3.05) is 27.2 Å². The Hall–Kier alpha value is -1.55. The minimum absolute atomic E-state index is 0.175. The van der Waals surface area contributed by atoms with Gasteiger partial charge in [-0.2, -0.15) is 0 Å². The molecule has 0 aromatic heterocycles. The summed E-state index contributed by atoms with van der Waals surface area (Å²) in [4.78, 5) is 17.2. The smallest absolute Gasteiger partial charge is 0.254 e. The van der Waals surface area contributed by atoms with E-state index in [4.69, 9.17) is 4.74 Å². The van der Waals surface area contributed by atoms with E-state index >= 15 is 0 Å². The zero-order valence-electron chi connectivity index (χ0n) is 13.8. The SMILES string of the molecule is C[C@H]1Cc2cc(C(=O)N3CCCC[C@@H]3CN(C)C)ccc2O1. The number of hydrogen-bond acceptors (Lipinski definition) is 3. The number of likely N-dealkylation sites (tertiary alicyclic amines) is 1. The summed E-state index contributed by atoms with van der Waals surface area (Å²) >= 11 is 0. The molecule has 0 radical (unpaired) electrons. The molecule has 3 rings (SSSR count). The highest BCUT2D eigenvalue weighted by molar-refractivity contribution is 5.95. The van der Waals surface area contributed by atoms with E-state index in [1.165, 1.54) is 12.0 Å². The molecule has 2 atom stereocenters. The van der Waals surface area contributed by atoms with Gasteiger partial charge in [-0.1, -0.05) is 0 Å². The number of fused-ring (bicyclic) bond motifs is 1. The standard InChI is InChI=1S/C18H26N2O2/c1-13-10-15-11-14(7-8-17(15)22-13)18(21)20-9-5-4-6-16(20)12-19(2)3/h7-8,11,13,16H,4-6,9-10,12H2,1-3H3/t13-,16+/m0/s1. The first-order valence-corrected chi connectivity index (χ1v) is 8.30.